The van der Waals surface area contributed by atoms with Gasteiger partial charge >= 0.3 is 0 Å². The molecule has 0 saturated heterocycles. The highest BCUT2D eigenvalue weighted by Gasteiger charge is 2.25. The summed E-state index contributed by atoms with van der Waals surface area (Å²) in [6, 6.07) is 12.6. The van der Waals surface area contributed by atoms with Gasteiger partial charge in [-0.1, -0.05) is 41.9 Å². The maximum Gasteiger partial charge on any atom is 0.187 e. The number of ether oxygens (including phenoxy) is 3. The number of nitrogens with zero attached hydrogens (tertiary/aromatic N) is 4. The van der Waals surface area contributed by atoms with E-state index in [0.717, 1.165) is 11.8 Å². The van der Waals surface area contributed by atoms with Crippen molar-refractivity contribution in [2.24, 2.45) is 0 Å². The summed E-state index contributed by atoms with van der Waals surface area (Å²) >= 11 is 6.60. The van der Waals surface area contributed by atoms with E-state index < -0.39 is 12.1 Å². The van der Waals surface area contributed by atoms with Crippen molar-refractivity contribution in [2.45, 2.75) is 25.1 Å². The van der Waals surface area contributed by atoms with E-state index in [0.29, 0.717) is 65.7 Å². The lowest BCUT2D eigenvalue weighted by atomic mass is 10.1. The Morgan fingerprint density at radius 2 is 1.92 bits per heavy atom. The van der Waals surface area contributed by atoms with Gasteiger partial charge in [-0.3, -0.25) is 14.5 Å². The fraction of sp³-hybridized carbons (Fsp3) is 0.357. The Morgan fingerprint density at radius 1 is 1.15 bits per heavy atom. The fourth-order valence-corrected chi connectivity index (χ4v) is 4.51. The Balaban J connectivity index is 1.42. The molecule has 11 heteroatoms. The number of hydrogen-bond donors (Lipinski definition) is 0. The van der Waals surface area contributed by atoms with Crippen LogP contribution in [0.4, 0.5) is 5.69 Å². The Labute approximate surface area is 232 Å². The second kappa shape index (κ2) is 12.8. The van der Waals surface area contributed by atoms with Crippen molar-refractivity contribution >= 4 is 36.1 Å². The Kier molecular flexibility index (Phi) is 9.21. The molecule has 1 aliphatic heterocycles. The molecule has 0 N–H and O–H groups in total. The van der Waals surface area contributed by atoms with Crippen LogP contribution in [0.15, 0.2) is 42.5 Å². The van der Waals surface area contributed by atoms with E-state index in [2.05, 4.69) is 5.10 Å². The van der Waals surface area contributed by atoms with E-state index in [1.165, 1.54) is 0 Å². The summed E-state index contributed by atoms with van der Waals surface area (Å²) < 4.78 is 19.0. The van der Waals surface area contributed by atoms with Crippen molar-refractivity contribution in [1.82, 2.24) is 14.7 Å². The van der Waals surface area contributed by atoms with Crippen LogP contribution in [0.1, 0.15) is 21.6 Å². The standard InChI is InChI=1S/C28H31ClN4O6/c1-31(2)24-11-27-26(38-18-21(15-35)39-27)12-25(24)37-17-20(14-34)32(3)10-9-22-23(16-36)30-33(28(22)29)13-19-7-5-4-6-8-19/h4-8,11-12,14-16,20-21H,9-10,13,17-18H2,1-3H3/t20-,21?/m1/s1. The smallest absolute Gasteiger partial charge is 0.187 e. The number of halogens is 1. The third-order valence-electron chi connectivity index (χ3n) is 6.49. The minimum atomic E-state index is -0.661. The minimum absolute atomic E-state index is 0.0823. The molecule has 4 rings (SSSR count). The molecule has 2 heterocycles. The monoisotopic (exact) mass is 554 g/mol. The normalized spacial score (nSPS) is 15.1. The van der Waals surface area contributed by atoms with Crippen LogP contribution in [0.5, 0.6) is 17.2 Å². The van der Waals surface area contributed by atoms with Crippen LogP contribution in [-0.2, 0) is 22.6 Å². The van der Waals surface area contributed by atoms with Crippen LogP contribution < -0.4 is 19.1 Å². The van der Waals surface area contributed by atoms with Gasteiger partial charge in [0.25, 0.3) is 0 Å². The van der Waals surface area contributed by atoms with E-state index in [1.807, 2.05) is 61.3 Å². The van der Waals surface area contributed by atoms with Gasteiger partial charge in [-0.15, -0.1) is 0 Å². The van der Waals surface area contributed by atoms with E-state index in [4.69, 9.17) is 25.8 Å². The maximum atomic E-state index is 12.0. The van der Waals surface area contributed by atoms with Crippen LogP contribution in [0, 0.1) is 0 Å². The molecule has 0 saturated carbocycles. The molecule has 3 aromatic rings. The molecule has 39 heavy (non-hydrogen) atoms. The van der Waals surface area contributed by atoms with Crippen LogP contribution in [0.2, 0.25) is 5.15 Å². The van der Waals surface area contributed by atoms with Crippen molar-refractivity contribution in [3.8, 4) is 17.2 Å². The molecular formula is C28H31ClN4O6. The lowest BCUT2D eigenvalue weighted by Gasteiger charge is -2.28. The van der Waals surface area contributed by atoms with Gasteiger partial charge in [0.1, 0.15) is 36.1 Å². The first-order chi connectivity index (χ1) is 18.8. The average molecular weight is 555 g/mol. The second-order valence-corrected chi connectivity index (χ2v) is 9.78. The predicted molar refractivity (Wildman–Crippen MR) is 147 cm³/mol. The summed E-state index contributed by atoms with van der Waals surface area (Å²) in [6.07, 6.45) is 1.99. The van der Waals surface area contributed by atoms with Gasteiger partial charge in [0.05, 0.1) is 18.3 Å². The molecule has 0 aliphatic carbocycles. The summed E-state index contributed by atoms with van der Waals surface area (Å²) in [5.41, 5.74) is 2.65. The van der Waals surface area contributed by atoms with Crippen LogP contribution >= 0.6 is 11.6 Å². The number of fused-ring (bicyclic) bond motifs is 1. The number of rotatable bonds is 13. The summed E-state index contributed by atoms with van der Waals surface area (Å²) in [5.74, 6) is 1.43. The number of aldehydes is 3. The van der Waals surface area contributed by atoms with Crippen LogP contribution in [0.3, 0.4) is 0 Å². The molecule has 1 aliphatic rings. The summed E-state index contributed by atoms with van der Waals surface area (Å²) in [4.78, 5) is 38.5. The zero-order valence-electron chi connectivity index (χ0n) is 22.1. The maximum absolute atomic E-state index is 12.0. The number of likely N-dealkylation sites (N-methyl/N-ethyl adjacent to an activating group) is 1. The van der Waals surface area contributed by atoms with Crippen LogP contribution in [-0.4, -0.2) is 86.6 Å². The highest BCUT2D eigenvalue weighted by Crippen LogP contribution is 2.41. The second-order valence-electron chi connectivity index (χ2n) is 9.43. The van der Waals surface area contributed by atoms with Gasteiger partial charge in [-0.05, 0) is 19.0 Å². The molecule has 206 valence electrons. The summed E-state index contributed by atoms with van der Waals surface area (Å²) in [6.45, 7) is 1.09. The summed E-state index contributed by atoms with van der Waals surface area (Å²) in [5, 5.41) is 4.77. The first kappa shape index (κ1) is 28.1. The number of carbonyl (C=O) groups excluding carboxylic acids is 3. The molecular weight excluding hydrogens is 524 g/mol. The van der Waals surface area contributed by atoms with E-state index in [9.17, 15) is 14.4 Å². The largest absolute Gasteiger partial charge is 0.489 e. The third kappa shape index (κ3) is 6.58. The van der Waals surface area contributed by atoms with E-state index in [-0.39, 0.29) is 18.9 Å². The number of anilines is 1. The molecule has 2 atom stereocenters. The zero-order valence-corrected chi connectivity index (χ0v) is 22.8. The lowest BCUT2D eigenvalue weighted by molar-refractivity contribution is -0.115. The van der Waals surface area contributed by atoms with E-state index in [1.54, 1.807) is 16.8 Å². The molecule has 1 aromatic heterocycles. The number of carbonyl (C=O) groups is 3. The molecule has 10 nitrogen and oxygen atoms in total. The van der Waals surface area contributed by atoms with Crippen molar-refractivity contribution < 1.29 is 28.6 Å². The Hall–Kier alpha value is -3.89. The topological polar surface area (TPSA) is 103 Å². The molecule has 0 amide bonds. The Bertz CT molecular complexity index is 1310. The Morgan fingerprint density at radius 3 is 2.59 bits per heavy atom. The minimum Gasteiger partial charge on any atom is -0.489 e. The first-order valence-electron chi connectivity index (χ1n) is 12.5. The third-order valence-corrected chi connectivity index (χ3v) is 6.91. The zero-order chi connectivity index (χ0) is 27.9. The number of hydrogen-bond acceptors (Lipinski definition) is 9. The quantitative estimate of drug-likeness (QED) is 0.295. The molecule has 2 aromatic carbocycles. The average Bonchev–Trinajstić information content (AvgIpc) is 3.25. The first-order valence-corrected chi connectivity index (χ1v) is 12.8. The molecule has 0 fully saturated rings. The fourth-order valence-electron chi connectivity index (χ4n) is 4.22. The van der Waals surface area contributed by atoms with Crippen molar-refractivity contribution in [3.63, 3.8) is 0 Å². The van der Waals surface area contributed by atoms with Gasteiger partial charge in [0.2, 0.25) is 0 Å². The number of benzene rings is 2. The highest BCUT2D eigenvalue weighted by molar-refractivity contribution is 6.30. The molecule has 0 bridgehead atoms. The van der Waals surface area contributed by atoms with Crippen molar-refractivity contribution in [1.29, 1.82) is 0 Å². The highest BCUT2D eigenvalue weighted by atomic mass is 35.5. The van der Waals surface area contributed by atoms with Crippen LogP contribution in [0.25, 0.3) is 0 Å². The van der Waals surface area contributed by atoms with Gasteiger partial charge in [-0.25, -0.2) is 4.68 Å². The molecule has 0 radical (unpaired) electrons. The predicted octanol–water partition coefficient (Wildman–Crippen LogP) is 2.92. The summed E-state index contributed by atoms with van der Waals surface area (Å²) in [7, 11) is 5.51. The van der Waals surface area contributed by atoms with Gasteiger partial charge in [0.15, 0.2) is 30.2 Å². The SMILES string of the molecule is CN(C)c1cc2c(cc1OC[C@@H](C=O)N(C)CCc1c(C=O)nn(Cc3ccccc3)c1Cl)OCC(C=O)O2. The molecule has 1 unspecified atom stereocenters. The number of aromatic nitrogens is 2. The lowest BCUT2D eigenvalue weighted by Crippen LogP contribution is -2.39. The van der Waals surface area contributed by atoms with Gasteiger partial charge in [-0.2, -0.15) is 5.10 Å². The van der Waals surface area contributed by atoms with Gasteiger partial charge < -0.3 is 23.9 Å². The van der Waals surface area contributed by atoms with E-state index >= 15 is 0 Å². The van der Waals surface area contributed by atoms with Crippen molar-refractivity contribution in [3.05, 3.63) is 64.4 Å². The van der Waals surface area contributed by atoms with Gasteiger partial charge in [0, 0.05) is 38.3 Å². The van der Waals surface area contributed by atoms with Crippen molar-refractivity contribution in [2.75, 3.05) is 45.8 Å². The molecule has 0 spiro atoms.